The maximum Gasteiger partial charge on any atom is 0.260 e. The van der Waals surface area contributed by atoms with Gasteiger partial charge in [0.25, 0.3) is 5.91 Å². The maximum atomic E-state index is 12.3. The SMILES string of the molecule is Cc1c(/C=N\NC(=O)CN(c2ccc(Cl)cc2)S(C)(=O)=O)c(Cl)nn1-c1ccccc1. The molecular weight excluding hydrogens is 461 g/mol. The first-order chi connectivity index (χ1) is 14.7. The molecule has 1 heterocycles. The van der Waals surface area contributed by atoms with Gasteiger partial charge in [-0.1, -0.05) is 41.4 Å². The summed E-state index contributed by atoms with van der Waals surface area (Å²) in [7, 11) is -3.70. The summed E-state index contributed by atoms with van der Waals surface area (Å²) in [5.41, 5.74) is 4.73. The number of sulfonamides is 1. The number of carbonyl (C=O) groups excluding carboxylic acids is 1. The van der Waals surface area contributed by atoms with E-state index in [9.17, 15) is 13.2 Å². The van der Waals surface area contributed by atoms with Gasteiger partial charge >= 0.3 is 0 Å². The fourth-order valence-electron chi connectivity index (χ4n) is 2.79. The highest BCUT2D eigenvalue weighted by Crippen LogP contribution is 2.21. The highest BCUT2D eigenvalue weighted by Gasteiger charge is 2.20. The Hall–Kier alpha value is -2.88. The number of nitrogens with one attached hydrogen (secondary N) is 1. The maximum absolute atomic E-state index is 12.3. The number of hydrazone groups is 1. The number of aromatic nitrogens is 2. The Labute approximate surface area is 190 Å². The normalized spacial score (nSPS) is 11.6. The van der Waals surface area contributed by atoms with E-state index in [4.69, 9.17) is 23.2 Å². The van der Waals surface area contributed by atoms with Gasteiger partial charge in [-0.25, -0.2) is 18.5 Å². The van der Waals surface area contributed by atoms with Crippen molar-refractivity contribution in [3.63, 3.8) is 0 Å². The van der Waals surface area contributed by atoms with E-state index in [0.717, 1.165) is 21.9 Å². The third-order valence-corrected chi connectivity index (χ3v) is 5.98. The van der Waals surface area contributed by atoms with Crippen molar-refractivity contribution in [3.8, 4) is 5.69 Å². The predicted molar refractivity (Wildman–Crippen MR) is 123 cm³/mol. The number of para-hydroxylation sites is 1. The van der Waals surface area contributed by atoms with E-state index in [1.807, 2.05) is 37.3 Å². The van der Waals surface area contributed by atoms with Gasteiger partial charge in [-0.15, -0.1) is 0 Å². The molecule has 31 heavy (non-hydrogen) atoms. The first-order valence-corrected chi connectivity index (χ1v) is 11.6. The second-order valence-corrected chi connectivity index (χ2v) is 9.28. The summed E-state index contributed by atoms with van der Waals surface area (Å²) in [6, 6.07) is 15.5. The lowest BCUT2D eigenvalue weighted by Gasteiger charge is -2.21. The van der Waals surface area contributed by atoms with Crippen LogP contribution in [0.5, 0.6) is 0 Å². The summed E-state index contributed by atoms with van der Waals surface area (Å²) in [5, 5.41) is 8.87. The number of rotatable bonds is 7. The molecule has 0 aliphatic rings. The van der Waals surface area contributed by atoms with Crippen molar-refractivity contribution in [2.24, 2.45) is 5.10 Å². The number of nitrogens with zero attached hydrogens (tertiary/aromatic N) is 4. The van der Waals surface area contributed by atoms with Crippen LogP contribution < -0.4 is 9.73 Å². The molecule has 8 nitrogen and oxygen atoms in total. The van der Waals surface area contributed by atoms with Crippen molar-refractivity contribution >= 4 is 51.0 Å². The summed E-state index contributed by atoms with van der Waals surface area (Å²) in [6.45, 7) is 1.37. The molecule has 162 valence electrons. The zero-order valence-corrected chi connectivity index (χ0v) is 19.0. The third-order valence-electron chi connectivity index (χ3n) is 4.30. The molecule has 0 atom stereocenters. The average molecular weight is 480 g/mol. The van der Waals surface area contributed by atoms with Crippen LogP contribution >= 0.6 is 23.2 Å². The molecular formula is C20H19Cl2N5O3S. The number of hydrogen-bond donors (Lipinski definition) is 1. The standard InChI is InChI=1S/C20H19Cl2N5O3S/c1-14-18(20(22)25-27(14)17-6-4-3-5-7-17)12-23-24-19(28)13-26(31(2,29)30)16-10-8-15(21)9-11-16/h3-12H,13H2,1-2H3,(H,24,28)/b23-12-. The molecule has 0 bridgehead atoms. The van der Waals surface area contributed by atoms with Crippen molar-refractivity contribution in [1.29, 1.82) is 0 Å². The lowest BCUT2D eigenvalue weighted by atomic mass is 10.2. The minimum Gasteiger partial charge on any atom is -0.271 e. The number of amides is 1. The molecule has 0 saturated carbocycles. The summed E-state index contributed by atoms with van der Waals surface area (Å²) < 4.78 is 26.9. The lowest BCUT2D eigenvalue weighted by molar-refractivity contribution is -0.119. The number of anilines is 1. The second-order valence-electron chi connectivity index (χ2n) is 6.58. The van der Waals surface area contributed by atoms with E-state index in [1.165, 1.54) is 18.3 Å². The highest BCUT2D eigenvalue weighted by atomic mass is 35.5. The van der Waals surface area contributed by atoms with Gasteiger partial charge in [-0.05, 0) is 43.3 Å². The van der Waals surface area contributed by atoms with Crippen molar-refractivity contribution in [3.05, 3.63) is 76.0 Å². The molecule has 0 spiro atoms. The quantitative estimate of drug-likeness (QED) is 0.414. The van der Waals surface area contributed by atoms with Crippen LogP contribution in [0.4, 0.5) is 5.69 Å². The summed E-state index contributed by atoms with van der Waals surface area (Å²) in [5.74, 6) is -0.624. The van der Waals surface area contributed by atoms with Crippen LogP contribution in [0.1, 0.15) is 11.3 Å². The van der Waals surface area contributed by atoms with E-state index in [0.29, 0.717) is 16.3 Å². The number of benzene rings is 2. The van der Waals surface area contributed by atoms with Crippen LogP contribution in [0.3, 0.4) is 0 Å². The monoisotopic (exact) mass is 479 g/mol. The summed E-state index contributed by atoms with van der Waals surface area (Å²) in [6.07, 6.45) is 2.38. The number of carbonyl (C=O) groups is 1. The smallest absolute Gasteiger partial charge is 0.260 e. The van der Waals surface area contributed by atoms with Crippen molar-refractivity contribution in [2.75, 3.05) is 17.1 Å². The molecule has 2 aromatic carbocycles. The van der Waals surface area contributed by atoms with Crippen molar-refractivity contribution < 1.29 is 13.2 Å². The Bertz CT molecular complexity index is 1210. The molecule has 0 saturated heterocycles. The first-order valence-electron chi connectivity index (χ1n) is 9.02. The Morgan fingerprint density at radius 1 is 1.16 bits per heavy atom. The molecule has 3 aromatic rings. The van der Waals surface area contributed by atoms with E-state index in [-0.39, 0.29) is 5.15 Å². The molecule has 1 amide bonds. The van der Waals surface area contributed by atoms with Crippen LogP contribution in [0.25, 0.3) is 5.69 Å². The van der Waals surface area contributed by atoms with E-state index in [1.54, 1.807) is 16.8 Å². The Morgan fingerprint density at radius 3 is 2.42 bits per heavy atom. The molecule has 3 rings (SSSR count). The molecule has 1 N–H and O–H groups in total. The van der Waals surface area contributed by atoms with Gasteiger partial charge in [0, 0.05) is 5.02 Å². The number of hydrogen-bond acceptors (Lipinski definition) is 5. The largest absolute Gasteiger partial charge is 0.271 e. The Balaban J connectivity index is 1.73. The van der Waals surface area contributed by atoms with Gasteiger partial charge in [0.1, 0.15) is 6.54 Å². The van der Waals surface area contributed by atoms with E-state index >= 15 is 0 Å². The van der Waals surface area contributed by atoms with Gasteiger partial charge in [-0.2, -0.15) is 10.2 Å². The zero-order chi connectivity index (χ0) is 22.6. The molecule has 0 fully saturated rings. The van der Waals surface area contributed by atoms with Crippen LogP contribution in [0.15, 0.2) is 59.7 Å². The minimum atomic E-state index is -3.70. The lowest BCUT2D eigenvalue weighted by Crippen LogP contribution is -2.39. The third kappa shape index (κ3) is 5.63. The molecule has 11 heteroatoms. The molecule has 1 aromatic heterocycles. The number of halogens is 2. The fourth-order valence-corrected chi connectivity index (χ4v) is 4.03. The minimum absolute atomic E-state index is 0.221. The first kappa shape index (κ1) is 22.8. The molecule has 0 aliphatic heterocycles. The molecule has 0 aliphatic carbocycles. The summed E-state index contributed by atoms with van der Waals surface area (Å²) in [4.78, 5) is 12.3. The topological polar surface area (TPSA) is 96.7 Å². The van der Waals surface area contributed by atoms with Crippen molar-refractivity contribution in [2.45, 2.75) is 6.92 Å². The van der Waals surface area contributed by atoms with Crippen LogP contribution in [0.2, 0.25) is 10.2 Å². The molecule has 0 radical (unpaired) electrons. The summed E-state index contributed by atoms with van der Waals surface area (Å²) >= 11 is 12.1. The van der Waals surface area contributed by atoms with Gasteiger partial charge in [0.2, 0.25) is 10.0 Å². The highest BCUT2D eigenvalue weighted by molar-refractivity contribution is 7.92. The van der Waals surface area contributed by atoms with Gasteiger partial charge in [0.05, 0.1) is 35.1 Å². The van der Waals surface area contributed by atoms with Gasteiger partial charge < -0.3 is 0 Å². The zero-order valence-electron chi connectivity index (χ0n) is 16.7. The van der Waals surface area contributed by atoms with Crippen LogP contribution in [-0.2, 0) is 14.8 Å². The molecule has 0 unspecified atom stereocenters. The van der Waals surface area contributed by atoms with Crippen LogP contribution in [0, 0.1) is 6.92 Å². The van der Waals surface area contributed by atoms with E-state index in [2.05, 4.69) is 15.6 Å². The van der Waals surface area contributed by atoms with Crippen LogP contribution in [-0.4, -0.2) is 43.1 Å². The van der Waals surface area contributed by atoms with Gasteiger partial charge in [0.15, 0.2) is 5.15 Å². The Kier molecular flexibility index (Phi) is 6.99. The van der Waals surface area contributed by atoms with Crippen molar-refractivity contribution in [1.82, 2.24) is 15.2 Å². The Morgan fingerprint density at radius 2 is 1.81 bits per heavy atom. The predicted octanol–water partition coefficient (Wildman–Crippen LogP) is 3.40. The van der Waals surface area contributed by atoms with E-state index < -0.39 is 22.5 Å². The van der Waals surface area contributed by atoms with Gasteiger partial charge in [-0.3, -0.25) is 9.10 Å². The average Bonchev–Trinajstić information content (AvgIpc) is 3.01. The fraction of sp³-hybridized carbons (Fsp3) is 0.150. The second kappa shape index (κ2) is 9.51.